The van der Waals surface area contributed by atoms with Crippen LogP contribution < -0.4 is 4.74 Å². The molecule has 0 bridgehead atoms. The van der Waals surface area contributed by atoms with Crippen molar-refractivity contribution >= 4 is 17.4 Å². The molecule has 1 fully saturated rings. The molecule has 2 heterocycles. The van der Waals surface area contributed by atoms with E-state index in [2.05, 4.69) is 9.97 Å². The smallest absolute Gasteiger partial charge is 0.295 e. The van der Waals surface area contributed by atoms with Crippen molar-refractivity contribution in [2.75, 3.05) is 34.3 Å². The fourth-order valence-electron chi connectivity index (χ4n) is 3.59. The van der Waals surface area contributed by atoms with Gasteiger partial charge in [0.15, 0.2) is 0 Å². The number of hydrogen-bond donors (Lipinski definition) is 1. The molecule has 1 aliphatic heterocycles. The number of benzene rings is 1. The summed E-state index contributed by atoms with van der Waals surface area (Å²) in [5, 5.41) is 11.1. The van der Waals surface area contributed by atoms with Gasteiger partial charge in [-0.3, -0.25) is 9.59 Å². The summed E-state index contributed by atoms with van der Waals surface area (Å²) in [6.07, 6.45) is 1.47. The first kappa shape index (κ1) is 21.4. The minimum atomic E-state index is -0.776. The summed E-state index contributed by atoms with van der Waals surface area (Å²) in [6.45, 7) is 4.35. The summed E-state index contributed by atoms with van der Waals surface area (Å²) in [5.74, 6) is -0.588. The van der Waals surface area contributed by atoms with Gasteiger partial charge in [-0.15, -0.1) is 0 Å². The topological polar surface area (TPSA) is 95.9 Å². The summed E-state index contributed by atoms with van der Waals surface area (Å²) >= 11 is 0. The van der Waals surface area contributed by atoms with Crippen molar-refractivity contribution in [3.63, 3.8) is 0 Å². The third-order valence-corrected chi connectivity index (χ3v) is 5.12. The molecule has 1 atom stereocenters. The first-order chi connectivity index (χ1) is 14.3. The molecule has 1 saturated heterocycles. The Hall–Kier alpha value is -3.26. The van der Waals surface area contributed by atoms with Crippen LogP contribution in [0.25, 0.3) is 5.76 Å². The van der Waals surface area contributed by atoms with Gasteiger partial charge < -0.3 is 19.6 Å². The van der Waals surface area contributed by atoms with E-state index in [0.29, 0.717) is 41.5 Å². The van der Waals surface area contributed by atoms with E-state index in [1.807, 2.05) is 31.1 Å². The van der Waals surface area contributed by atoms with Crippen molar-refractivity contribution in [2.45, 2.75) is 19.9 Å². The second-order valence-electron chi connectivity index (χ2n) is 7.45. The van der Waals surface area contributed by atoms with E-state index in [1.165, 1.54) is 18.2 Å². The highest BCUT2D eigenvalue weighted by Gasteiger charge is 2.47. The van der Waals surface area contributed by atoms with Crippen molar-refractivity contribution in [1.82, 2.24) is 19.8 Å². The molecule has 3 rings (SSSR count). The summed E-state index contributed by atoms with van der Waals surface area (Å²) in [6, 6.07) is 6.41. The lowest BCUT2D eigenvalue weighted by molar-refractivity contribution is -0.140. The highest BCUT2D eigenvalue weighted by Crippen LogP contribution is 2.42. The molecular formula is C22H26N4O4. The first-order valence-corrected chi connectivity index (χ1v) is 9.63. The molecule has 8 heteroatoms. The van der Waals surface area contributed by atoms with Gasteiger partial charge in [-0.2, -0.15) is 0 Å². The minimum absolute atomic E-state index is 0.0128. The molecule has 1 aliphatic rings. The lowest BCUT2D eigenvalue weighted by atomic mass is 9.94. The maximum Gasteiger partial charge on any atom is 0.295 e. The number of carbonyl (C=O) groups is 2. The van der Waals surface area contributed by atoms with Crippen molar-refractivity contribution in [3.05, 3.63) is 58.7 Å². The predicted octanol–water partition coefficient (Wildman–Crippen LogP) is 2.09. The number of amides is 1. The third-order valence-electron chi connectivity index (χ3n) is 5.12. The number of carbonyl (C=O) groups excluding carboxylic acids is 2. The number of para-hydroxylation sites is 1. The molecule has 1 unspecified atom stereocenters. The lowest BCUT2D eigenvalue weighted by Crippen LogP contribution is -2.35. The molecule has 8 nitrogen and oxygen atoms in total. The highest BCUT2D eigenvalue weighted by atomic mass is 16.5. The number of aromatic nitrogens is 2. The second-order valence-corrected chi connectivity index (χ2v) is 7.45. The van der Waals surface area contributed by atoms with E-state index >= 15 is 0 Å². The van der Waals surface area contributed by atoms with Crippen molar-refractivity contribution in [1.29, 1.82) is 0 Å². The number of methoxy groups -OCH3 is 1. The third kappa shape index (κ3) is 3.91. The average molecular weight is 410 g/mol. The summed E-state index contributed by atoms with van der Waals surface area (Å²) in [5.41, 5.74) is 1.49. The van der Waals surface area contributed by atoms with Gasteiger partial charge in [-0.1, -0.05) is 18.2 Å². The Morgan fingerprint density at radius 2 is 1.93 bits per heavy atom. The Morgan fingerprint density at radius 3 is 2.57 bits per heavy atom. The fourth-order valence-corrected chi connectivity index (χ4v) is 3.59. The zero-order chi connectivity index (χ0) is 22.0. The lowest BCUT2D eigenvalue weighted by Gasteiger charge is -2.27. The van der Waals surface area contributed by atoms with Gasteiger partial charge >= 0.3 is 0 Å². The summed E-state index contributed by atoms with van der Waals surface area (Å²) in [7, 11) is 5.31. The van der Waals surface area contributed by atoms with Crippen molar-refractivity contribution in [2.24, 2.45) is 0 Å². The fraction of sp³-hybridized carbons (Fsp3) is 0.364. The first-order valence-electron chi connectivity index (χ1n) is 9.63. The number of likely N-dealkylation sites (tertiary alicyclic amines) is 1. The molecule has 0 aliphatic carbocycles. The maximum absolute atomic E-state index is 13.0. The van der Waals surface area contributed by atoms with Crippen LogP contribution in [-0.4, -0.2) is 70.9 Å². The van der Waals surface area contributed by atoms with Crippen LogP contribution in [0.4, 0.5) is 0 Å². The number of Topliss-reactive ketones (excluding diaryl/α,β-unsaturated/α-hetero) is 1. The van der Waals surface area contributed by atoms with Crippen LogP contribution in [0.3, 0.4) is 0 Å². The van der Waals surface area contributed by atoms with Crippen LogP contribution in [-0.2, 0) is 9.59 Å². The molecule has 0 radical (unpaired) electrons. The predicted molar refractivity (Wildman–Crippen MR) is 112 cm³/mol. The number of ketones is 1. The largest absolute Gasteiger partial charge is 0.507 e. The Morgan fingerprint density at radius 1 is 1.23 bits per heavy atom. The molecule has 0 spiro atoms. The number of likely N-dealkylation sites (N-methyl/N-ethyl adjacent to an activating group) is 1. The molecule has 158 valence electrons. The van der Waals surface area contributed by atoms with E-state index in [-0.39, 0.29) is 11.3 Å². The standard InChI is InChI=1S/C22H26N4O4/c1-13-16(12-23-14(2)24-13)20(27)18-19(15-8-6-7-9-17(15)30-5)26(11-10-25(3)4)22(29)21(18)28/h6-9,12,19,27H,10-11H2,1-5H3/b20-18+. The van der Waals surface area contributed by atoms with Gasteiger partial charge in [0.05, 0.1) is 30.0 Å². The van der Waals surface area contributed by atoms with Gasteiger partial charge in [-0.25, -0.2) is 9.97 Å². The zero-order valence-electron chi connectivity index (χ0n) is 17.8. The molecule has 2 aromatic rings. The number of hydrogen-bond acceptors (Lipinski definition) is 7. The zero-order valence-corrected chi connectivity index (χ0v) is 17.8. The number of ether oxygens (including phenoxy) is 1. The van der Waals surface area contributed by atoms with E-state index in [0.717, 1.165) is 0 Å². The summed E-state index contributed by atoms with van der Waals surface area (Å²) in [4.78, 5) is 37.8. The molecule has 1 aromatic carbocycles. The Kier molecular flexibility index (Phi) is 6.17. The Bertz CT molecular complexity index is 1020. The molecule has 1 aromatic heterocycles. The van der Waals surface area contributed by atoms with Crippen molar-refractivity contribution < 1.29 is 19.4 Å². The van der Waals surface area contributed by atoms with Gasteiger partial charge in [-0.05, 0) is 34.0 Å². The Balaban J connectivity index is 2.22. The summed E-state index contributed by atoms with van der Waals surface area (Å²) < 4.78 is 5.49. The highest BCUT2D eigenvalue weighted by molar-refractivity contribution is 6.46. The van der Waals surface area contributed by atoms with Crippen LogP contribution in [0, 0.1) is 13.8 Å². The van der Waals surface area contributed by atoms with Gasteiger partial charge in [0, 0.05) is 24.8 Å². The number of aryl methyl sites for hydroxylation is 2. The van der Waals surface area contributed by atoms with Crippen LogP contribution in [0.5, 0.6) is 5.75 Å². The van der Waals surface area contributed by atoms with Crippen LogP contribution in [0.1, 0.15) is 28.7 Å². The second kappa shape index (κ2) is 8.62. The van der Waals surface area contributed by atoms with Crippen molar-refractivity contribution in [3.8, 4) is 5.75 Å². The van der Waals surface area contributed by atoms with E-state index in [1.54, 1.807) is 26.0 Å². The average Bonchev–Trinajstić information content (AvgIpc) is 2.96. The molecule has 1 amide bonds. The maximum atomic E-state index is 13.0. The van der Waals surface area contributed by atoms with Crippen LogP contribution in [0.2, 0.25) is 0 Å². The van der Waals surface area contributed by atoms with E-state index in [9.17, 15) is 14.7 Å². The van der Waals surface area contributed by atoms with Crippen LogP contribution >= 0.6 is 0 Å². The molecule has 1 N–H and O–H groups in total. The number of aliphatic hydroxyl groups is 1. The number of rotatable bonds is 6. The minimum Gasteiger partial charge on any atom is -0.507 e. The number of nitrogens with zero attached hydrogens (tertiary/aromatic N) is 4. The monoisotopic (exact) mass is 410 g/mol. The van der Waals surface area contributed by atoms with E-state index in [4.69, 9.17) is 4.74 Å². The Labute approximate surface area is 175 Å². The number of aliphatic hydroxyl groups excluding tert-OH is 1. The molecule has 30 heavy (non-hydrogen) atoms. The van der Waals surface area contributed by atoms with Gasteiger partial charge in [0.1, 0.15) is 17.3 Å². The molecule has 0 saturated carbocycles. The SMILES string of the molecule is COc1ccccc1C1/C(=C(\O)c2cnc(C)nc2C)C(=O)C(=O)N1CCN(C)C. The van der Waals surface area contributed by atoms with Crippen LogP contribution in [0.15, 0.2) is 36.0 Å². The van der Waals surface area contributed by atoms with E-state index < -0.39 is 17.7 Å². The normalized spacial score (nSPS) is 18.3. The van der Waals surface area contributed by atoms with Gasteiger partial charge in [0.2, 0.25) is 0 Å². The molecular weight excluding hydrogens is 384 g/mol. The van der Waals surface area contributed by atoms with Gasteiger partial charge in [0.25, 0.3) is 11.7 Å². The quantitative estimate of drug-likeness (QED) is 0.442.